The maximum absolute atomic E-state index is 5.63. The third-order valence-electron chi connectivity index (χ3n) is 3.82. The number of nitrogens with zero attached hydrogens (tertiary/aromatic N) is 1. The topological polar surface area (TPSA) is 28.4 Å². The van der Waals surface area contributed by atoms with Gasteiger partial charge in [0.25, 0.3) is 0 Å². The molecule has 1 heterocycles. The molecule has 0 amide bonds. The van der Waals surface area contributed by atoms with Crippen molar-refractivity contribution in [2.75, 3.05) is 7.05 Å². The summed E-state index contributed by atoms with van der Waals surface area (Å²) in [7, 11) is 2.16. The Morgan fingerprint density at radius 3 is 2.61 bits per heavy atom. The van der Waals surface area contributed by atoms with E-state index in [1.807, 2.05) is 0 Å². The van der Waals surface area contributed by atoms with Gasteiger partial charge in [-0.25, -0.2) is 0 Å². The average Bonchev–Trinajstić information content (AvgIpc) is 2.73. The van der Waals surface area contributed by atoms with Crippen LogP contribution >= 0.6 is 0 Å². The van der Waals surface area contributed by atoms with Gasteiger partial charge in [0.2, 0.25) is 0 Å². The zero-order valence-corrected chi connectivity index (χ0v) is 12.7. The normalized spacial score (nSPS) is 12.7. The van der Waals surface area contributed by atoms with Crippen molar-refractivity contribution in [1.82, 2.24) is 10.2 Å². The van der Waals surface area contributed by atoms with E-state index in [4.69, 9.17) is 4.42 Å². The molecule has 0 aliphatic rings. The summed E-state index contributed by atoms with van der Waals surface area (Å²) in [5, 5.41) is 3.44. The van der Waals surface area contributed by atoms with E-state index < -0.39 is 0 Å². The summed E-state index contributed by atoms with van der Waals surface area (Å²) in [6, 6.07) is 2.56. The first-order valence-electron chi connectivity index (χ1n) is 6.86. The van der Waals surface area contributed by atoms with Crippen LogP contribution in [0.15, 0.2) is 16.7 Å². The highest BCUT2D eigenvalue weighted by molar-refractivity contribution is 5.17. The van der Waals surface area contributed by atoms with Gasteiger partial charge in [0.05, 0.1) is 12.8 Å². The quantitative estimate of drug-likeness (QED) is 0.806. The molecule has 3 heteroatoms. The molecule has 0 atom stereocenters. The van der Waals surface area contributed by atoms with Gasteiger partial charge in [0, 0.05) is 23.7 Å². The molecule has 0 fully saturated rings. The van der Waals surface area contributed by atoms with Gasteiger partial charge >= 0.3 is 0 Å². The third kappa shape index (κ3) is 4.14. The highest BCUT2D eigenvalue weighted by atomic mass is 16.3. The van der Waals surface area contributed by atoms with Gasteiger partial charge < -0.3 is 9.73 Å². The fourth-order valence-corrected chi connectivity index (χ4v) is 1.68. The molecule has 1 aromatic rings. The Balaban J connectivity index is 2.65. The van der Waals surface area contributed by atoms with Crippen LogP contribution in [0.1, 0.15) is 52.4 Å². The summed E-state index contributed by atoms with van der Waals surface area (Å²) in [6.45, 7) is 12.8. The molecule has 0 aliphatic carbocycles. The molecular formula is C15H28N2O. The standard InChI is InChI=1S/C15H28N2O/c1-7-15(4,5)17(6)11-14-13(8-9-18-14)10-16-12(2)3/h8-9,12,16H,7,10-11H2,1-6H3. The van der Waals surface area contributed by atoms with Crippen molar-refractivity contribution >= 4 is 0 Å². The smallest absolute Gasteiger partial charge is 0.122 e. The van der Waals surface area contributed by atoms with Gasteiger partial charge in [0.15, 0.2) is 0 Å². The SMILES string of the molecule is CCC(C)(C)N(C)Cc1occc1CNC(C)C. The molecule has 3 nitrogen and oxygen atoms in total. The Morgan fingerprint density at radius 1 is 1.39 bits per heavy atom. The molecule has 0 bridgehead atoms. The van der Waals surface area contributed by atoms with Crippen LogP contribution < -0.4 is 5.32 Å². The first-order valence-corrected chi connectivity index (χ1v) is 6.86. The maximum atomic E-state index is 5.63. The van der Waals surface area contributed by atoms with Gasteiger partial charge in [-0.1, -0.05) is 20.8 Å². The number of hydrogen-bond acceptors (Lipinski definition) is 3. The summed E-state index contributed by atoms with van der Waals surface area (Å²) >= 11 is 0. The Hall–Kier alpha value is -0.800. The Kier molecular flexibility index (Phi) is 5.42. The summed E-state index contributed by atoms with van der Waals surface area (Å²) < 4.78 is 5.63. The predicted octanol–water partition coefficient (Wildman–Crippen LogP) is 3.40. The molecular weight excluding hydrogens is 224 g/mol. The monoisotopic (exact) mass is 252 g/mol. The second-order valence-electron chi connectivity index (χ2n) is 5.93. The number of rotatable bonds is 7. The maximum Gasteiger partial charge on any atom is 0.122 e. The first-order chi connectivity index (χ1) is 8.36. The Labute approximate surface area is 112 Å². The fourth-order valence-electron chi connectivity index (χ4n) is 1.68. The summed E-state index contributed by atoms with van der Waals surface area (Å²) in [6.07, 6.45) is 2.92. The number of hydrogen-bond donors (Lipinski definition) is 1. The molecule has 0 spiro atoms. The Morgan fingerprint density at radius 2 is 2.06 bits per heavy atom. The van der Waals surface area contributed by atoms with Crippen molar-refractivity contribution in [3.8, 4) is 0 Å². The molecule has 0 aromatic carbocycles. The van der Waals surface area contributed by atoms with E-state index in [1.54, 1.807) is 6.26 Å². The molecule has 0 radical (unpaired) electrons. The van der Waals surface area contributed by atoms with Crippen LogP contribution in [0.3, 0.4) is 0 Å². The first kappa shape index (κ1) is 15.3. The van der Waals surface area contributed by atoms with Crippen molar-refractivity contribution in [1.29, 1.82) is 0 Å². The lowest BCUT2D eigenvalue weighted by molar-refractivity contribution is 0.132. The van der Waals surface area contributed by atoms with Crippen LogP contribution in [0, 0.1) is 0 Å². The molecule has 18 heavy (non-hydrogen) atoms. The fraction of sp³-hybridized carbons (Fsp3) is 0.733. The van der Waals surface area contributed by atoms with E-state index in [1.165, 1.54) is 5.56 Å². The minimum Gasteiger partial charge on any atom is -0.468 e. The minimum absolute atomic E-state index is 0.204. The summed E-state index contributed by atoms with van der Waals surface area (Å²) in [4.78, 5) is 2.35. The highest BCUT2D eigenvalue weighted by Crippen LogP contribution is 2.21. The largest absolute Gasteiger partial charge is 0.468 e. The highest BCUT2D eigenvalue weighted by Gasteiger charge is 2.22. The van der Waals surface area contributed by atoms with Crippen LogP contribution in [0.25, 0.3) is 0 Å². The zero-order valence-electron chi connectivity index (χ0n) is 12.7. The van der Waals surface area contributed by atoms with E-state index in [2.05, 4.69) is 57.9 Å². The number of furan rings is 1. The van der Waals surface area contributed by atoms with Crippen LogP contribution in [-0.2, 0) is 13.1 Å². The van der Waals surface area contributed by atoms with Crippen LogP contribution in [0.2, 0.25) is 0 Å². The Bertz CT molecular complexity index is 355. The van der Waals surface area contributed by atoms with Crippen molar-refractivity contribution in [3.63, 3.8) is 0 Å². The van der Waals surface area contributed by atoms with Gasteiger partial charge in [-0.2, -0.15) is 0 Å². The van der Waals surface area contributed by atoms with E-state index >= 15 is 0 Å². The second kappa shape index (κ2) is 6.39. The van der Waals surface area contributed by atoms with Crippen LogP contribution in [-0.4, -0.2) is 23.5 Å². The molecule has 0 unspecified atom stereocenters. The number of nitrogens with one attached hydrogen (secondary N) is 1. The van der Waals surface area contributed by atoms with Crippen molar-refractivity contribution in [2.45, 2.75) is 65.7 Å². The van der Waals surface area contributed by atoms with E-state index in [0.29, 0.717) is 6.04 Å². The predicted molar refractivity (Wildman–Crippen MR) is 76.5 cm³/mol. The molecule has 104 valence electrons. The average molecular weight is 252 g/mol. The lowest BCUT2D eigenvalue weighted by Gasteiger charge is -2.34. The third-order valence-corrected chi connectivity index (χ3v) is 3.82. The van der Waals surface area contributed by atoms with Gasteiger partial charge in [-0.05, 0) is 33.4 Å². The van der Waals surface area contributed by atoms with E-state index in [9.17, 15) is 0 Å². The molecule has 0 saturated heterocycles. The van der Waals surface area contributed by atoms with Crippen LogP contribution in [0.5, 0.6) is 0 Å². The van der Waals surface area contributed by atoms with Crippen molar-refractivity contribution < 1.29 is 4.42 Å². The van der Waals surface area contributed by atoms with Crippen molar-refractivity contribution in [2.24, 2.45) is 0 Å². The summed E-state index contributed by atoms with van der Waals surface area (Å²) in [5.74, 6) is 1.08. The van der Waals surface area contributed by atoms with Crippen LogP contribution in [0.4, 0.5) is 0 Å². The lowest BCUT2D eigenvalue weighted by Crippen LogP contribution is -2.40. The van der Waals surface area contributed by atoms with E-state index in [-0.39, 0.29) is 5.54 Å². The zero-order chi connectivity index (χ0) is 13.8. The molecule has 1 aromatic heterocycles. The van der Waals surface area contributed by atoms with Gasteiger partial charge in [0.1, 0.15) is 5.76 Å². The molecule has 1 N–H and O–H groups in total. The van der Waals surface area contributed by atoms with Gasteiger partial charge in [-0.3, -0.25) is 4.90 Å². The molecule has 0 aliphatic heterocycles. The lowest BCUT2D eigenvalue weighted by atomic mass is 9.99. The van der Waals surface area contributed by atoms with Gasteiger partial charge in [-0.15, -0.1) is 0 Å². The minimum atomic E-state index is 0.204. The molecule has 1 rings (SSSR count). The summed E-state index contributed by atoms with van der Waals surface area (Å²) in [5.41, 5.74) is 1.47. The molecule has 0 saturated carbocycles. The van der Waals surface area contributed by atoms with E-state index in [0.717, 1.165) is 25.3 Å². The van der Waals surface area contributed by atoms with Crippen molar-refractivity contribution in [3.05, 3.63) is 23.7 Å². The second-order valence-corrected chi connectivity index (χ2v) is 5.93.